The minimum Gasteiger partial charge on any atom is -0.494 e. The summed E-state index contributed by atoms with van der Waals surface area (Å²) in [6, 6.07) is 22.9. The van der Waals surface area contributed by atoms with Crippen LogP contribution in [0.25, 0.3) is 22.0 Å². The molecule has 2 aliphatic rings. The molecule has 0 radical (unpaired) electrons. The number of anilines is 1. The van der Waals surface area contributed by atoms with Crippen LogP contribution >= 0.6 is 0 Å². The van der Waals surface area contributed by atoms with Gasteiger partial charge in [-0.1, -0.05) is 42.5 Å². The van der Waals surface area contributed by atoms with Gasteiger partial charge < -0.3 is 10.1 Å². The molecule has 6 rings (SSSR count). The minimum atomic E-state index is -0.250. The fourth-order valence-electron chi connectivity index (χ4n) is 5.85. The molecule has 1 unspecified atom stereocenters. The van der Waals surface area contributed by atoms with Crippen LogP contribution in [0, 0.1) is 5.82 Å². The molecule has 0 saturated carbocycles. The molecule has 0 amide bonds. The van der Waals surface area contributed by atoms with Crippen molar-refractivity contribution in [2.24, 2.45) is 0 Å². The second-order valence-electron chi connectivity index (χ2n) is 9.66. The number of hydrogen-bond donors (Lipinski definition) is 1. The molecule has 35 heavy (non-hydrogen) atoms. The Morgan fingerprint density at radius 1 is 0.943 bits per heavy atom. The van der Waals surface area contributed by atoms with Gasteiger partial charge in [0.1, 0.15) is 29.2 Å². The Balaban J connectivity index is 1.27. The zero-order valence-electron chi connectivity index (χ0n) is 19.8. The second-order valence-corrected chi connectivity index (χ2v) is 9.66. The number of piperidine rings is 1. The third-order valence-electron chi connectivity index (χ3n) is 7.53. The summed E-state index contributed by atoms with van der Waals surface area (Å²) >= 11 is 0. The number of hydrogen-bond acceptors (Lipinski definition) is 5. The van der Waals surface area contributed by atoms with E-state index in [1.54, 1.807) is 25.6 Å². The predicted molar refractivity (Wildman–Crippen MR) is 137 cm³/mol. The van der Waals surface area contributed by atoms with E-state index >= 15 is 0 Å². The van der Waals surface area contributed by atoms with E-state index in [0.29, 0.717) is 23.9 Å². The van der Waals surface area contributed by atoms with Crippen molar-refractivity contribution < 1.29 is 9.13 Å². The number of rotatable bonds is 6. The monoisotopic (exact) mass is 468 g/mol. The molecule has 0 spiro atoms. The summed E-state index contributed by atoms with van der Waals surface area (Å²) in [5.41, 5.74) is 4.04. The average molecular weight is 469 g/mol. The average Bonchev–Trinajstić information content (AvgIpc) is 3.11. The lowest BCUT2D eigenvalue weighted by atomic mass is 9.96. The van der Waals surface area contributed by atoms with Gasteiger partial charge in [-0.05, 0) is 66.6 Å². The Morgan fingerprint density at radius 3 is 2.40 bits per heavy atom. The molecule has 3 atom stereocenters. The third-order valence-corrected chi connectivity index (χ3v) is 7.53. The molecule has 3 aromatic carbocycles. The molecule has 2 saturated heterocycles. The molecule has 2 fully saturated rings. The summed E-state index contributed by atoms with van der Waals surface area (Å²) in [6.07, 6.45) is 6.31. The summed E-state index contributed by atoms with van der Waals surface area (Å²) in [5, 5.41) is 4.68. The number of fused-ring (bicyclic) bond motifs is 3. The first-order valence-corrected chi connectivity index (χ1v) is 12.3. The number of aromatic nitrogens is 2. The lowest BCUT2D eigenvalue weighted by molar-refractivity contribution is 0.124. The van der Waals surface area contributed by atoms with Gasteiger partial charge in [0.05, 0.1) is 7.11 Å². The first-order valence-electron chi connectivity index (χ1n) is 12.3. The maximum Gasteiger partial charge on any atom is 0.145 e. The zero-order valence-corrected chi connectivity index (χ0v) is 19.8. The first-order chi connectivity index (χ1) is 17.2. The van der Waals surface area contributed by atoms with Crippen LogP contribution in [0.15, 0.2) is 73.1 Å². The van der Waals surface area contributed by atoms with Crippen molar-refractivity contribution in [1.29, 1.82) is 0 Å². The van der Waals surface area contributed by atoms with Gasteiger partial charge in [-0.15, -0.1) is 0 Å². The molecule has 5 nitrogen and oxygen atoms in total. The fourth-order valence-corrected chi connectivity index (χ4v) is 5.85. The Labute approximate surface area is 205 Å². The maximum absolute atomic E-state index is 13.5. The summed E-state index contributed by atoms with van der Waals surface area (Å²) in [5.74, 6) is 1.27. The number of nitrogens with zero attached hydrogens (tertiary/aromatic N) is 3. The minimum absolute atomic E-state index is 0.250. The van der Waals surface area contributed by atoms with E-state index < -0.39 is 0 Å². The maximum atomic E-state index is 13.5. The van der Waals surface area contributed by atoms with Crippen LogP contribution in [0.2, 0.25) is 0 Å². The van der Waals surface area contributed by atoms with Crippen LogP contribution in [0.4, 0.5) is 10.2 Å². The number of methoxy groups -OCH3 is 1. The highest BCUT2D eigenvalue weighted by Gasteiger charge is 2.40. The highest BCUT2D eigenvalue weighted by Crippen LogP contribution is 2.39. The highest BCUT2D eigenvalue weighted by molar-refractivity contribution is 5.96. The van der Waals surface area contributed by atoms with Gasteiger partial charge in [0.25, 0.3) is 0 Å². The number of benzene rings is 3. The molecule has 1 aromatic heterocycles. The number of nitrogens with one attached hydrogen (secondary N) is 1. The Hall–Kier alpha value is -3.51. The number of halogens is 1. The topological polar surface area (TPSA) is 50.3 Å². The molecule has 3 heterocycles. The van der Waals surface area contributed by atoms with E-state index in [2.05, 4.69) is 56.6 Å². The summed E-state index contributed by atoms with van der Waals surface area (Å²) in [4.78, 5) is 11.8. The molecule has 2 bridgehead atoms. The molecular weight excluding hydrogens is 439 g/mol. The Bertz CT molecular complexity index is 1310. The van der Waals surface area contributed by atoms with E-state index in [1.165, 1.54) is 30.5 Å². The predicted octanol–water partition coefficient (Wildman–Crippen LogP) is 6.05. The van der Waals surface area contributed by atoms with E-state index in [-0.39, 0.29) is 5.82 Å². The normalized spacial score (nSPS) is 21.8. The van der Waals surface area contributed by atoms with Crippen molar-refractivity contribution in [1.82, 2.24) is 14.9 Å². The summed E-state index contributed by atoms with van der Waals surface area (Å²) in [6.45, 7) is 1.03. The fraction of sp³-hybridized carbons (Fsp3) is 0.310. The van der Waals surface area contributed by atoms with Gasteiger partial charge in [0.2, 0.25) is 0 Å². The smallest absolute Gasteiger partial charge is 0.145 e. The first kappa shape index (κ1) is 22.0. The summed E-state index contributed by atoms with van der Waals surface area (Å²) < 4.78 is 19.2. The second kappa shape index (κ2) is 9.27. The molecular formula is C29H29FN4O. The zero-order chi connectivity index (χ0) is 23.8. The SMILES string of the molecule is COc1cc(-c2ccc(F)cc2)cc2c(NC3C[C@H]4CC[C@@H](C3)N4Cc3ccccc3)ncnc12. The van der Waals surface area contributed by atoms with E-state index in [9.17, 15) is 4.39 Å². The van der Waals surface area contributed by atoms with Gasteiger partial charge in [0, 0.05) is 30.1 Å². The van der Waals surface area contributed by atoms with Gasteiger partial charge >= 0.3 is 0 Å². The van der Waals surface area contributed by atoms with Crippen molar-refractivity contribution in [3.63, 3.8) is 0 Å². The molecule has 4 aromatic rings. The van der Waals surface area contributed by atoms with E-state index in [1.807, 2.05) is 6.07 Å². The molecule has 178 valence electrons. The third kappa shape index (κ3) is 4.34. The van der Waals surface area contributed by atoms with Crippen LogP contribution in [0.3, 0.4) is 0 Å². The quantitative estimate of drug-likeness (QED) is 0.373. The van der Waals surface area contributed by atoms with Gasteiger partial charge in [0.15, 0.2) is 0 Å². The van der Waals surface area contributed by atoms with Crippen molar-refractivity contribution in [3.05, 3.63) is 84.4 Å². The van der Waals surface area contributed by atoms with Crippen LogP contribution in [0.1, 0.15) is 31.2 Å². The molecule has 0 aliphatic carbocycles. The highest BCUT2D eigenvalue weighted by atomic mass is 19.1. The van der Waals surface area contributed by atoms with Crippen molar-refractivity contribution in [2.45, 2.75) is 50.4 Å². The number of ether oxygens (including phenoxy) is 1. The van der Waals surface area contributed by atoms with Crippen molar-refractivity contribution in [3.8, 4) is 16.9 Å². The van der Waals surface area contributed by atoms with Crippen LogP contribution in [-0.2, 0) is 6.54 Å². The van der Waals surface area contributed by atoms with Crippen LogP contribution in [0.5, 0.6) is 5.75 Å². The van der Waals surface area contributed by atoms with Crippen LogP contribution in [-0.4, -0.2) is 40.1 Å². The molecule has 1 N–H and O–H groups in total. The Morgan fingerprint density at radius 2 is 1.69 bits per heavy atom. The standard InChI is InChI=1S/C29H29FN4O/c1-35-27-14-21(20-7-9-22(30)10-8-20)13-26-28(27)31-18-32-29(26)33-23-15-24-11-12-25(16-23)34(24)17-19-5-3-2-4-6-19/h2-10,13-14,18,23-25H,11-12,15-17H2,1H3,(H,31,32,33)/t23?,24-,25+. The van der Waals surface area contributed by atoms with Gasteiger partial charge in [-0.25, -0.2) is 14.4 Å². The summed E-state index contributed by atoms with van der Waals surface area (Å²) in [7, 11) is 1.65. The van der Waals surface area contributed by atoms with Crippen LogP contribution < -0.4 is 10.1 Å². The lowest BCUT2D eigenvalue weighted by Crippen LogP contribution is -2.46. The largest absolute Gasteiger partial charge is 0.494 e. The van der Waals surface area contributed by atoms with Crippen molar-refractivity contribution in [2.75, 3.05) is 12.4 Å². The van der Waals surface area contributed by atoms with Crippen molar-refractivity contribution >= 4 is 16.7 Å². The Kier molecular flexibility index (Phi) is 5.82. The van der Waals surface area contributed by atoms with E-state index in [0.717, 1.165) is 47.2 Å². The lowest BCUT2D eigenvalue weighted by Gasteiger charge is -2.39. The molecule has 2 aliphatic heterocycles. The van der Waals surface area contributed by atoms with E-state index in [4.69, 9.17) is 4.74 Å². The van der Waals surface area contributed by atoms with Gasteiger partial charge in [-0.3, -0.25) is 4.90 Å². The van der Waals surface area contributed by atoms with Gasteiger partial charge in [-0.2, -0.15) is 0 Å². The molecule has 6 heteroatoms.